The summed E-state index contributed by atoms with van der Waals surface area (Å²) in [6.07, 6.45) is 11.9. The van der Waals surface area contributed by atoms with Crippen LogP contribution in [0.15, 0.2) is 41.2 Å². The molecule has 3 heterocycles. The van der Waals surface area contributed by atoms with E-state index in [-0.39, 0.29) is 29.2 Å². The zero-order valence-corrected chi connectivity index (χ0v) is 22.0. The predicted octanol–water partition coefficient (Wildman–Crippen LogP) is 3.51. The quantitative estimate of drug-likeness (QED) is 0.609. The summed E-state index contributed by atoms with van der Waals surface area (Å²) in [5.41, 5.74) is 3.31. The molecule has 2 saturated carbocycles. The van der Waals surface area contributed by atoms with Gasteiger partial charge in [0.15, 0.2) is 11.5 Å². The van der Waals surface area contributed by atoms with Gasteiger partial charge in [0.2, 0.25) is 5.91 Å². The first-order valence-corrected chi connectivity index (χ1v) is 13.8. The number of carbonyl (C=O) groups is 1. The maximum Gasteiger partial charge on any atom is 0.246 e. The first-order valence-electron chi connectivity index (χ1n) is 13.8. The maximum atomic E-state index is 13.3. The van der Waals surface area contributed by atoms with Gasteiger partial charge >= 0.3 is 0 Å². The molecule has 1 aromatic heterocycles. The molecule has 3 aliphatic carbocycles. The third-order valence-corrected chi connectivity index (χ3v) is 10.2. The Bertz CT molecular complexity index is 1240. The standard InChI is InChI=1S/C30H37N3O4/c1-31(2)23-15-20(23)16-33-12-11-30-21-6-7-22(32(3)26(35)9-4-18-10-13-36-17-18)29(30)37-28-25(34)8-5-19(27(28)30)14-24(21)33/h4-5,8-10,13,17,20-24,29,34H,6-7,11-12,14-16H2,1-3H3/t20?,21-,22-,23?,24+,29-,30-/m0/s1. The summed E-state index contributed by atoms with van der Waals surface area (Å²) >= 11 is 0. The number of benzene rings is 1. The average Bonchev–Trinajstić information content (AvgIpc) is 3.29. The molecular formula is C30H37N3O4. The molecule has 2 bridgehead atoms. The van der Waals surface area contributed by atoms with E-state index in [0.29, 0.717) is 23.8 Å². The van der Waals surface area contributed by atoms with E-state index < -0.39 is 0 Å². The topological polar surface area (TPSA) is 69.4 Å². The average molecular weight is 504 g/mol. The van der Waals surface area contributed by atoms with Crippen molar-refractivity contribution < 1.29 is 19.1 Å². The van der Waals surface area contributed by atoms with Gasteiger partial charge in [0.05, 0.1) is 18.6 Å². The highest BCUT2D eigenvalue weighted by molar-refractivity contribution is 5.91. The van der Waals surface area contributed by atoms with Crippen molar-refractivity contribution in [2.24, 2.45) is 11.8 Å². The van der Waals surface area contributed by atoms with Crippen LogP contribution in [-0.2, 0) is 16.6 Å². The molecule has 1 N–H and O–H groups in total. The van der Waals surface area contributed by atoms with Crippen molar-refractivity contribution in [3.8, 4) is 11.5 Å². The van der Waals surface area contributed by atoms with Crippen LogP contribution in [-0.4, -0.2) is 84.2 Å². The van der Waals surface area contributed by atoms with Crippen molar-refractivity contribution in [1.29, 1.82) is 0 Å². The van der Waals surface area contributed by atoms with E-state index >= 15 is 0 Å². The number of phenols is 1. The van der Waals surface area contributed by atoms with Crippen LogP contribution < -0.4 is 4.74 Å². The number of carbonyl (C=O) groups excluding carboxylic acids is 1. The molecule has 2 aromatic rings. The van der Waals surface area contributed by atoms with Gasteiger partial charge in [-0.05, 0) is 88.4 Å². The molecule has 1 spiro atoms. The van der Waals surface area contributed by atoms with Gasteiger partial charge in [0.1, 0.15) is 6.10 Å². The summed E-state index contributed by atoms with van der Waals surface area (Å²) < 4.78 is 11.8. The molecule has 196 valence electrons. The van der Waals surface area contributed by atoms with Crippen molar-refractivity contribution >= 4 is 12.0 Å². The number of aromatic hydroxyl groups is 1. The van der Waals surface area contributed by atoms with Crippen LogP contribution >= 0.6 is 0 Å². The first-order chi connectivity index (χ1) is 17.9. The molecule has 2 unspecified atom stereocenters. The fourth-order valence-electron chi connectivity index (χ4n) is 8.40. The van der Waals surface area contributed by atoms with Gasteiger partial charge in [-0.2, -0.15) is 0 Å². The number of amides is 1. The van der Waals surface area contributed by atoms with Gasteiger partial charge in [-0.1, -0.05) is 6.07 Å². The zero-order valence-electron chi connectivity index (χ0n) is 22.0. The highest BCUT2D eigenvalue weighted by atomic mass is 16.5. The molecule has 1 amide bonds. The van der Waals surface area contributed by atoms with Crippen LogP contribution in [0.25, 0.3) is 6.08 Å². The predicted molar refractivity (Wildman–Crippen MR) is 140 cm³/mol. The van der Waals surface area contributed by atoms with Gasteiger partial charge in [-0.25, -0.2) is 0 Å². The number of piperidine rings is 1. The Morgan fingerprint density at radius 3 is 2.84 bits per heavy atom. The van der Waals surface area contributed by atoms with Crippen molar-refractivity contribution in [3.05, 3.63) is 53.5 Å². The Morgan fingerprint density at radius 2 is 2.08 bits per heavy atom. The van der Waals surface area contributed by atoms with Gasteiger partial charge < -0.3 is 24.1 Å². The van der Waals surface area contributed by atoms with Gasteiger partial charge in [0, 0.05) is 48.3 Å². The number of phenolic OH excluding ortho intramolecular Hbond substituents is 1. The molecule has 5 aliphatic rings. The number of hydrogen-bond acceptors (Lipinski definition) is 6. The summed E-state index contributed by atoms with van der Waals surface area (Å²) in [7, 11) is 6.30. The highest BCUT2D eigenvalue weighted by Crippen LogP contribution is 2.64. The minimum atomic E-state index is -0.140. The second-order valence-corrected chi connectivity index (χ2v) is 12.2. The number of furan rings is 1. The van der Waals surface area contributed by atoms with Crippen LogP contribution in [0.4, 0.5) is 0 Å². The number of hydrogen-bond donors (Lipinski definition) is 1. The molecule has 7 rings (SSSR count). The zero-order chi connectivity index (χ0) is 25.5. The van der Waals surface area contributed by atoms with E-state index in [1.54, 1.807) is 24.7 Å². The molecule has 3 fully saturated rings. The van der Waals surface area contributed by atoms with Crippen molar-refractivity contribution in [2.45, 2.75) is 61.7 Å². The Hall–Kier alpha value is -2.77. The molecule has 1 aromatic carbocycles. The van der Waals surface area contributed by atoms with Crippen LogP contribution in [0.2, 0.25) is 0 Å². The minimum absolute atomic E-state index is 0.0293. The van der Waals surface area contributed by atoms with E-state index in [1.165, 1.54) is 24.1 Å². The Balaban J connectivity index is 1.20. The fraction of sp³-hybridized carbons (Fsp3) is 0.567. The molecule has 37 heavy (non-hydrogen) atoms. The van der Waals surface area contributed by atoms with Crippen LogP contribution in [0, 0.1) is 11.8 Å². The smallest absolute Gasteiger partial charge is 0.246 e. The minimum Gasteiger partial charge on any atom is -0.504 e. The summed E-state index contributed by atoms with van der Waals surface area (Å²) in [6.45, 7) is 2.23. The SMILES string of the molecule is CN(C)C1CC1CN1CC[C@]23c4c5ccc(O)c4O[C@H]2[C@@H](N(C)C(=O)C=Cc2ccoc2)CC[C@H]3[C@H]1C5. The van der Waals surface area contributed by atoms with Gasteiger partial charge in [-0.15, -0.1) is 0 Å². The molecule has 1 saturated heterocycles. The monoisotopic (exact) mass is 503 g/mol. The lowest BCUT2D eigenvalue weighted by molar-refractivity contribution is -0.135. The maximum absolute atomic E-state index is 13.3. The largest absolute Gasteiger partial charge is 0.504 e. The molecule has 2 aliphatic heterocycles. The lowest BCUT2D eigenvalue weighted by Crippen LogP contribution is -2.69. The van der Waals surface area contributed by atoms with Crippen molar-refractivity contribution in [2.75, 3.05) is 34.2 Å². The normalized spacial score (nSPS) is 35.5. The van der Waals surface area contributed by atoms with E-state index in [0.717, 1.165) is 43.7 Å². The third-order valence-electron chi connectivity index (χ3n) is 10.2. The summed E-state index contributed by atoms with van der Waals surface area (Å²) in [4.78, 5) is 20.3. The lowest BCUT2D eigenvalue weighted by atomic mass is 9.51. The third kappa shape index (κ3) is 3.43. The Kier molecular flexibility index (Phi) is 5.28. The number of rotatable bonds is 6. The summed E-state index contributed by atoms with van der Waals surface area (Å²) in [5.74, 6) is 2.13. The van der Waals surface area contributed by atoms with Gasteiger partial charge in [0.25, 0.3) is 0 Å². The van der Waals surface area contributed by atoms with E-state index in [2.05, 4.69) is 30.0 Å². The number of likely N-dealkylation sites (N-methyl/N-ethyl adjacent to an activating group) is 1. The highest BCUT2D eigenvalue weighted by Gasteiger charge is 2.66. The van der Waals surface area contributed by atoms with E-state index in [1.807, 2.05) is 24.1 Å². The lowest BCUT2D eigenvalue weighted by Gasteiger charge is -2.60. The number of ether oxygens (including phenoxy) is 1. The fourth-order valence-corrected chi connectivity index (χ4v) is 8.40. The Labute approximate surface area is 218 Å². The molecule has 7 nitrogen and oxygen atoms in total. The number of likely N-dealkylation sites (tertiary alicyclic amines) is 1. The van der Waals surface area contributed by atoms with Crippen LogP contribution in [0.5, 0.6) is 11.5 Å². The summed E-state index contributed by atoms with van der Waals surface area (Å²) in [6, 6.07) is 6.94. The van der Waals surface area contributed by atoms with E-state index in [4.69, 9.17) is 9.15 Å². The van der Waals surface area contributed by atoms with Crippen LogP contribution in [0.3, 0.4) is 0 Å². The molecular weight excluding hydrogens is 466 g/mol. The summed E-state index contributed by atoms with van der Waals surface area (Å²) in [5, 5.41) is 10.9. The van der Waals surface area contributed by atoms with E-state index in [9.17, 15) is 9.90 Å². The second kappa shape index (κ2) is 8.37. The second-order valence-electron chi connectivity index (χ2n) is 12.2. The molecule has 7 heteroatoms. The first kappa shape index (κ1) is 23.4. The molecule has 0 radical (unpaired) electrons. The van der Waals surface area contributed by atoms with Crippen molar-refractivity contribution in [3.63, 3.8) is 0 Å². The molecule has 7 atom stereocenters. The number of nitrogens with zero attached hydrogens (tertiary/aromatic N) is 3. The van der Waals surface area contributed by atoms with Gasteiger partial charge in [-0.3, -0.25) is 9.69 Å². The Morgan fingerprint density at radius 1 is 1.22 bits per heavy atom. The van der Waals surface area contributed by atoms with Crippen molar-refractivity contribution in [1.82, 2.24) is 14.7 Å². The van der Waals surface area contributed by atoms with Crippen LogP contribution in [0.1, 0.15) is 42.4 Å².